The second-order valence-corrected chi connectivity index (χ2v) is 11.7. The van der Waals surface area contributed by atoms with E-state index in [1.54, 1.807) is 0 Å². The van der Waals surface area contributed by atoms with Gasteiger partial charge in [0.1, 0.15) is 0 Å². The first kappa shape index (κ1) is 22.0. The van der Waals surface area contributed by atoms with Crippen molar-refractivity contribution in [2.45, 2.75) is 0 Å². The van der Waals surface area contributed by atoms with Gasteiger partial charge in [0.2, 0.25) is 0 Å². The van der Waals surface area contributed by atoms with Crippen molar-refractivity contribution in [3.63, 3.8) is 0 Å². The van der Waals surface area contributed by atoms with Crippen molar-refractivity contribution in [2.75, 3.05) is 0 Å². The van der Waals surface area contributed by atoms with E-state index in [9.17, 15) is 0 Å². The van der Waals surface area contributed by atoms with E-state index < -0.39 is 0 Å². The van der Waals surface area contributed by atoms with Gasteiger partial charge < -0.3 is 4.57 Å². The fourth-order valence-electron chi connectivity index (χ4n) is 6.50. The summed E-state index contributed by atoms with van der Waals surface area (Å²) in [7, 11) is 0. The number of thiophene rings is 1. The van der Waals surface area contributed by atoms with Crippen LogP contribution in [0.25, 0.3) is 80.2 Å². The maximum atomic E-state index is 2.37. The van der Waals surface area contributed by atoms with Crippen molar-refractivity contribution in [3.8, 4) is 16.8 Å². The Hall–Kier alpha value is -4.92. The number of rotatable bonds is 2. The third kappa shape index (κ3) is 3.14. The van der Waals surface area contributed by atoms with Crippen LogP contribution >= 0.6 is 11.3 Å². The summed E-state index contributed by atoms with van der Waals surface area (Å²) in [6, 6.07) is 49.1. The standard InChI is InChI=1S/C38H23NS/c1-2-12-30-28(10-1)29-11-3-4-13-31(29)34-21-25(16-17-32(30)34)24-8-7-9-27(20-24)39-19-18-26-22-38-35(23-36(26)39)33-14-5-6-15-37(33)40-38/h1-23H. The Balaban J connectivity index is 1.23. The Bertz CT molecular complexity index is 2400. The molecule has 0 N–H and O–H groups in total. The number of hydrogen-bond donors (Lipinski definition) is 0. The van der Waals surface area contributed by atoms with Crippen LogP contribution in [0.4, 0.5) is 0 Å². The highest BCUT2D eigenvalue weighted by molar-refractivity contribution is 7.25. The van der Waals surface area contributed by atoms with Crippen LogP contribution in [0.3, 0.4) is 0 Å². The van der Waals surface area contributed by atoms with Crippen LogP contribution in [0.1, 0.15) is 0 Å². The Kier molecular flexibility index (Phi) is 4.55. The van der Waals surface area contributed by atoms with Gasteiger partial charge in [-0.2, -0.15) is 0 Å². The highest BCUT2D eigenvalue weighted by Gasteiger charge is 2.12. The maximum Gasteiger partial charge on any atom is 0.0535 e. The van der Waals surface area contributed by atoms with E-state index in [1.165, 1.54) is 80.2 Å². The zero-order valence-corrected chi connectivity index (χ0v) is 22.5. The van der Waals surface area contributed by atoms with E-state index in [1.807, 2.05) is 11.3 Å². The van der Waals surface area contributed by atoms with Gasteiger partial charge in [0.05, 0.1) is 5.52 Å². The topological polar surface area (TPSA) is 4.93 Å². The Labute approximate surface area is 235 Å². The predicted octanol–water partition coefficient (Wildman–Crippen LogP) is 11.1. The van der Waals surface area contributed by atoms with E-state index in [4.69, 9.17) is 0 Å². The van der Waals surface area contributed by atoms with Crippen molar-refractivity contribution < 1.29 is 0 Å². The number of fused-ring (bicyclic) bond motifs is 10. The van der Waals surface area contributed by atoms with Crippen molar-refractivity contribution in [1.82, 2.24) is 4.57 Å². The first-order valence-corrected chi connectivity index (χ1v) is 14.5. The molecule has 9 aromatic rings. The van der Waals surface area contributed by atoms with Crippen LogP contribution in [0, 0.1) is 0 Å². The van der Waals surface area contributed by atoms with E-state index in [0.29, 0.717) is 0 Å². The van der Waals surface area contributed by atoms with Crippen LogP contribution in [-0.4, -0.2) is 4.57 Å². The first-order chi connectivity index (χ1) is 19.8. The fraction of sp³-hybridized carbons (Fsp3) is 0. The molecule has 0 radical (unpaired) electrons. The van der Waals surface area contributed by atoms with E-state index >= 15 is 0 Å². The Morgan fingerprint density at radius 2 is 1.05 bits per heavy atom. The summed E-state index contributed by atoms with van der Waals surface area (Å²) in [6.45, 7) is 0. The molecule has 186 valence electrons. The molecule has 9 rings (SSSR count). The van der Waals surface area contributed by atoms with Crippen molar-refractivity contribution >= 4 is 74.7 Å². The van der Waals surface area contributed by atoms with E-state index in [-0.39, 0.29) is 0 Å². The monoisotopic (exact) mass is 525 g/mol. The molecule has 0 amide bonds. The predicted molar refractivity (Wildman–Crippen MR) is 174 cm³/mol. The quantitative estimate of drug-likeness (QED) is 0.198. The molecular formula is C38H23NS. The van der Waals surface area contributed by atoms with Crippen molar-refractivity contribution in [1.29, 1.82) is 0 Å². The normalized spacial score (nSPS) is 12.0. The third-order valence-corrected chi connectivity index (χ3v) is 9.52. The molecule has 0 saturated carbocycles. The lowest BCUT2D eigenvalue weighted by Gasteiger charge is -2.13. The molecule has 0 spiro atoms. The summed E-state index contributed by atoms with van der Waals surface area (Å²) in [5.74, 6) is 0. The molecule has 0 atom stereocenters. The lowest BCUT2D eigenvalue weighted by molar-refractivity contribution is 1.13. The molecule has 1 nitrogen and oxygen atoms in total. The highest BCUT2D eigenvalue weighted by Crippen LogP contribution is 2.39. The molecule has 2 heteroatoms. The van der Waals surface area contributed by atoms with Gasteiger partial charge in [-0.1, -0.05) is 91.0 Å². The molecule has 0 aliphatic heterocycles. The minimum atomic E-state index is 1.18. The Morgan fingerprint density at radius 3 is 1.82 bits per heavy atom. The third-order valence-electron chi connectivity index (χ3n) is 8.39. The molecule has 0 aliphatic rings. The van der Waals surface area contributed by atoms with Crippen molar-refractivity contribution in [2.24, 2.45) is 0 Å². The summed E-state index contributed by atoms with van der Waals surface area (Å²) in [4.78, 5) is 0. The smallest absolute Gasteiger partial charge is 0.0535 e. The minimum absolute atomic E-state index is 1.18. The van der Waals surface area contributed by atoms with Gasteiger partial charge in [0.15, 0.2) is 0 Å². The summed E-state index contributed by atoms with van der Waals surface area (Å²) in [5.41, 5.74) is 4.87. The molecule has 0 aliphatic carbocycles. The van der Waals surface area contributed by atoms with Crippen LogP contribution in [-0.2, 0) is 0 Å². The van der Waals surface area contributed by atoms with E-state index in [0.717, 1.165) is 0 Å². The number of benzene rings is 7. The van der Waals surface area contributed by atoms with Crippen LogP contribution in [0.5, 0.6) is 0 Å². The SMILES string of the molecule is c1cc(-c2ccc3c4ccccc4c4ccccc4c3c2)cc(-n2ccc3cc4sc5ccccc5c4cc32)c1. The van der Waals surface area contributed by atoms with Gasteiger partial charge in [0.25, 0.3) is 0 Å². The van der Waals surface area contributed by atoms with E-state index in [2.05, 4.69) is 144 Å². The lowest BCUT2D eigenvalue weighted by atomic mass is 9.92. The van der Waals surface area contributed by atoms with Crippen molar-refractivity contribution in [3.05, 3.63) is 140 Å². The molecule has 40 heavy (non-hydrogen) atoms. The van der Waals surface area contributed by atoms with Gasteiger partial charge >= 0.3 is 0 Å². The van der Waals surface area contributed by atoms with Gasteiger partial charge in [-0.15, -0.1) is 11.3 Å². The molecule has 2 aromatic heterocycles. The summed E-state index contributed by atoms with van der Waals surface area (Å²) >= 11 is 1.87. The Morgan fingerprint density at radius 1 is 0.400 bits per heavy atom. The lowest BCUT2D eigenvalue weighted by Crippen LogP contribution is -1.92. The number of aromatic nitrogens is 1. The summed E-state index contributed by atoms with van der Waals surface area (Å²) < 4.78 is 5.01. The van der Waals surface area contributed by atoms with Gasteiger partial charge in [0, 0.05) is 37.4 Å². The highest BCUT2D eigenvalue weighted by atomic mass is 32.1. The molecule has 0 fully saturated rings. The second kappa shape index (κ2) is 8.29. The van der Waals surface area contributed by atoms with Crippen LogP contribution < -0.4 is 0 Å². The fourth-order valence-corrected chi connectivity index (χ4v) is 7.64. The van der Waals surface area contributed by atoms with Crippen LogP contribution in [0.2, 0.25) is 0 Å². The molecule has 7 aromatic carbocycles. The van der Waals surface area contributed by atoms with Gasteiger partial charge in [-0.3, -0.25) is 0 Å². The number of nitrogens with zero attached hydrogens (tertiary/aromatic N) is 1. The largest absolute Gasteiger partial charge is 0.317 e. The number of hydrogen-bond acceptors (Lipinski definition) is 1. The molecule has 0 unspecified atom stereocenters. The average Bonchev–Trinajstić information content (AvgIpc) is 3.60. The summed E-state index contributed by atoms with van der Waals surface area (Å²) in [6.07, 6.45) is 2.20. The summed E-state index contributed by atoms with van der Waals surface area (Å²) in [5, 5.41) is 11.8. The molecule has 0 bridgehead atoms. The van der Waals surface area contributed by atoms with Gasteiger partial charge in [-0.25, -0.2) is 0 Å². The second-order valence-electron chi connectivity index (χ2n) is 10.6. The zero-order chi connectivity index (χ0) is 26.2. The van der Waals surface area contributed by atoms with Gasteiger partial charge in [-0.05, 0) is 85.9 Å². The molecule has 2 heterocycles. The average molecular weight is 526 g/mol. The minimum Gasteiger partial charge on any atom is -0.317 e. The first-order valence-electron chi connectivity index (χ1n) is 13.7. The molecular weight excluding hydrogens is 502 g/mol. The maximum absolute atomic E-state index is 2.37. The van der Waals surface area contributed by atoms with Crippen LogP contribution in [0.15, 0.2) is 140 Å². The zero-order valence-electron chi connectivity index (χ0n) is 21.6. The molecule has 0 saturated heterocycles.